The van der Waals surface area contributed by atoms with Crippen LogP contribution in [0.25, 0.3) is 0 Å². The number of likely N-dealkylation sites (tertiary alicyclic amines) is 1. The fourth-order valence-electron chi connectivity index (χ4n) is 2.73. The average Bonchev–Trinajstić information content (AvgIpc) is 2.83. The number of hydrogen-bond acceptors (Lipinski definition) is 4. The van der Waals surface area contributed by atoms with E-state index >= 15 is 0 Å². The van der Waals surface area contributed by atoms with Crippen LogP contribution in [-0.4, -0.2) is 36.1 Å². The summed E-state index contributed by atoms with van der Waals surface area (Å²) in [5.41, 5.74) is 3.12. The summed E-state index contributed by atoms with van der Waals surface area (Å²) in [5, 5.41) is 3.62. The quantitative estimate of drug-likeness (QED) is 0.812. The molecule has 1 aliphatic heterocycles. The fraction of sp³-hybridized carbons (Fsp3) is 0.800. The Morgan fingerprint density at radius 1 is 1.47 bits per heavy atom. The van der Waals surface area contributed by atoms with Crippen LogP contribution in [-0.2, 0) is 0 Å². The SMILES string of the molecule is Cc1ncsc1C(C)NCCCN1CCC(C)CC1. The third-order valence-corrected chi connectivity index (χ3v) is 5.27. The number of hydrogen-bond donors (Lipinski definition) is 1. The zero-order chi connectivity index (χ0) is 13.7. The number of nitrogens with one attached hydrogen (secondary N) is 1. The van der Waals surface area contributed by atoms with Gasteiger partial charge in [0.1, 0.15) is 0 Å². The van der Waals surface area contributed by atoms with Crippen molar-refractivity contribution in [3.05, 3.63) is 16.1 Å². The predicted molar refractivity (Wildman–Crippen MR) is 82.7 cm³/mol. The van der Waals surface area contributed by atoms with Gasteiger partial charge in [-0.2, -0.15) is 0 Å². The molecule has 1 saturated heterocycles. The molecule has 2 heterocycles. The maximum absolute atomic E-state index is 4.32. The van der Waals surface area contributed by atoms with Gasteiger partial charge < -0.3 is 10.2 Å². The molecule has 0 bridgehead atoms. The molecular weight excluding hydrogens is 254 g/mol. The van der Waals surface area contributed by atoms with Crippen LogP contribution >= 0.6 is 11.3 Å². The van der Waals surface area contributed by atoms with Gasteiger partial charge in [-0.1, -0.05) is 6.92 Å². The second-order valence-corrected chi connectivity index (χ2v) is 6.74. The van der Waals surface area contributed by atoms with Gasteiger partial charge in [0.15, 0.2) is 0 Å². The summed E-state index contributed by atoms with van der Waals surface area (Å²) in [5.74, 6) is 0.934. The summed E-state index contributed by atoms with van der Waals surface area (Å²) in [7, 11) is 0. The van der Waals surface area contributed by atoms with Crippen LogP contribution in [0.5, 0.6) is 0 Å². The van der Waals surface area contributed by atoms with Gasteiger partial charge in [0.05, 0.1) is 11.2 Å². The van der Waals surface area contributed by atoms with E-state index in [2.05, 4.69) is 36.0 Å². The third kappa shape index (κ3) is 4.55. The molecule has 0 aliphatic carbocycles. The smallest absolute Gasteiger partial charge is 0.0798 e. The lowest BCUT2D eigenvalue weighted by Crippen LogP contribution is -2.35. The molecule has 1 unspecified atom stereocenters. The number of nitrogens with zero attached hydrogens (tertiary/aromatic N) is 2. The number of thiazole rings is 1. The standard InChI is InChI=1S/C15H27N3S/c1-12-5-9-18(10-6-12)8-4-7-16-13(2)15-14(3)17-11-19-15/h11-13,16H,4-10H2,1-3H3. The van der Waals surface area contributed by atoms with E-state index in [9.17, 15) is 0 Å². The first-order valence-electron chi connectivity index (χ1n) is 7.52. The second-order valence-electron chi connectivity index (χ2n) is 5.86. The van der Waals surface area contributed by atoms with Crippen molar-refractivity contribution in [3.8, 4) is 0 Å². The van der Waals surface area contributed by atoms with Gasteiger partial charge in [-0.15, -0.1) is 11.3 Å². The first-order chi connectivity index (χ1) is 9.16. The van der Waals surface area contributed by atoms with Crippen molar-refractivity contribution in [1.82, 2.24) is 15.2 Å². The van der Waals surface area contributed by atoms with E-state index in [-0.39, 0.29) is 0 Å². The highest BCUT2D eigenvalue weighted by atomic mass is 32.1. The van der Waals surface area contributed by atoms with E-state index in [4.69, 9.17) is 0 Å². The van der Waals surface area contributed by atoms with E-state index < -0.39 is 0 Å². The van der Waals surface area contributed by atoms with Crippen LogP contribution in [0.4, 0.5) is 0 Å². The van der Waals surface area contributed by atoms with E-state index in [1.54, 1.807) is 11.3 Å². The van der Waals surface area contributed by atoms with Crippen LogP contribution < -0.4 is 5.32 Å². The Morgan fingerprint density at radius 2 is 2.21 bits per heavy atom. The van der Waals surface area contributed by atoms with Crippen molar-refractivity contribution >= 4 is 11.3 Å². The van der Waals surface area contributed by atoms with Gasteiger partial charge in [-0.25, -0.2) is 4.98 Å². The maximum atomic E-state index is 4.32. The molecule has 19 heavy (non-hydrogen) atoms. The third-order valence-electron chi connectivity index (χ3n) is 4.15. The highest BCUT2D eigenvalue weighted by Crippen LogP contribution is 2.21. The highest BCUT2D eigenvalue weighted by Gasteiger charge is 2.15. The molecule has 3 nitrogen and oxygen atoms in total. The van der Waals surface area contributed by atoms with Crippen molar-refractivity contribution in [2.75, 3.05) is 26.2 Å². The van der Waals surface area contributed by atoms with Crippen molar-refractivity contribution in [2.45, 2.75) is 46.1 Å². The first kappa shape index (κ1) is 14.9. The van der Waals surface area contributed by atoms with E-state index in [1.165, 1.54) is 49.5 Å². The Bertz CT molecular complexity index is 369. The molecule has 0 saturated carbocycles. The van der Waals surface area contributed by atoms with Crippen LogP contribution in [0.1, 0.15) is 49.7 Å². The lowest BCUT2D eigenvalue weighted by molar-refractivity contribution is 0.190. The number of rotatable bonds is 6. The summed E-state index contributed by atoms with van der Waals surface area (Å²) in [6.45, 7) is 11.6. The molecule has 4 heteroatoms. The summed E-state index contributed by atoms with van der Waals surface area (Å²) in [6, 6.07) is 0.439. The van der Waals surface area contributed by atoms with Crippen LogP contribution in [0.15, 0.2) is 5.51 Å². The molecule has 1 aliphatic rings. The van der Waals surface area contributed by atoms with E-state index in [0.29, 0.717) is 6.04 Å². The Hall–Kier alpha value is -0.450. The van der Waals surface area contributed by atoms with Crippen molar-refractivity contribution in [3.63, 3.8) is 0 Å². The minimum absolute atomic E-state index is 0.439. The number of piperidine rings is 1. The molecule has 0 amide bonds. The maximum Gasteiger partial charge on any atom is 0.0798 e. The summed E-state index contributed by atoms with van der Waals surface area (Å²) >= 11 is 1.76. The lowest BCUT2D eigenvalue weighted by atomic mass is 9.99. The molecule has 1 N–H and O–H groups in total. The van der Waals surface area contributed by atoms with Gasteiger partial charge in [-0.3, -0.25) is 0 Å². The number of aryl methyl sites for hydroxylation is 1. The highest BCUT2D eigenvalue weighted by molar-refractivity contribution is 7.09. The zero-order valence-electron chi connectivity index (χ0n) is 12.5. The summed E-state index contributed by atoms with van der Waals surface area (Å²) in [6.07, 6.45) is 4.00. The molecule has 2 rings (SSSR count). The van der Waals surface area contributed by atoms with Gasteiger partial charge in [0.25, 0.3) is 0 Å². The summed E-state index contributed by atoms with van der Waals surface area (Å²) < 4.78 is 0. The van der Waals surface area contributed by atoms with Crippen LogP contribution in [0.2, 0.25) is 0 Å². The molecular formula is C15H27N3S. The lowest BCUT2D eigenvalue weighted by Gasteiger charge is -2.30. The molecule has 1 aromatic heterocycles. The summed E-state index contributed by atoms with van der Waals surface area (Å²) in [4.78, 5) is 8.31. The average molecular weight is 281 g/mol. The molecule has 0 radical (unpaired) electrons. The van der Waals surface area contributed by atoms with Crippen molar-refractivity contribution < 1.29 is 0 Å². The fourth-order valence-corrected chi connectivity index (χ4v) is 3.56. The molecule has 1 aromatic rings. The van der Waals surface area contributed by atoms with Gasteiger partial charge >= 0.3 is 0 Å². The zero-order valence-corrected chi connectivity index (χ0v) is 13.3. The Labute approximate surface area is 121 Å². The van der Waals surface area contributed by atoms with Gasteiger partial charge in [0, 0.05) is 10.9 Å². The van der Waals surface area contributed by atoms with Crippen LogP contribution in [0.3, 0.4) is 0 Å². The predicted octanol–water partition coefficient (Wildman–Crippen LogP) is 3.22. The Morgan fingerprint density at radius 3 is 2.84 bits per heavy atom. The first-order valence-corrected chi connectivity index (χ1v) is 8.40. The van der Waals surface area contributed by atoms with Crippen molar-refractivity contribution in [2.24, 2.45) is 5.92 Å². The van der Waals surface area contributed by atoms with E-state index in [1.807, 2.05) is 5.51 Å². The molecule has 0 spiro atoms. The van der Waals surface area contributed by atoms with Crippen LogP contribution in [0, 0.1) is 12.8 Å². The minimum atomic E-state index is 0.439. The van der Waals surface area contributed by atoms with Gasteiger partial charge in [-0.05, 0) is 65.2 Å². The minimum Gasteiger partial charge on any atom is -0.309 e. The monoisotopic (exact) mass is 281 g/mol. The largest absolute Gasteiger partial charge is 0.309 e. The Balaban J connectivity index is 1.60. The Kier molecular flexibility index (Phi) is 5.79. The molecule has 1 fully saturated rings. The molecule has 0 aromatic carbocycles. The van der Waals surface area contributed by atoms with Gasteiger partial charge in [0.2, 0.25) is 0 Å². The number of aromatic nitrogens is 1. The normalized spacial score (nSPS) is 19.7. The molecule has 1 atom stereocenters. The van der Waals surface area contributed by atoms with E-state index in [0.717, 1.165) is 12.5 Å². The molecule has 108 valence electrons. The topological polar surface area (TPSA) is 28.2 Å². The second kappa shape index (κ2) is 7.36. The van der Waals surface area contributed by atoms with Crippen molar-refractivity contribution in [1.29, 1.82) is 0 Å².